The molecule has 0 aliphatic rings. The first-order valence-electron chi connectivity index (χ1n) is 5.52. The molecule has 0 spiro atoms. The van der Waals surface area contributed by atoms with E-state index in [9.17, 15) is 13.2 Å². The van der Waals surface area contributed by atoms with Crippen molar-refractivity contribution in [2.24, 2.45) is 0 Å². The second kappa shape index (κ2) is 5.07. The molecule has 0 aliphatic heterocycles. The maximum Gasteiger partial charge on any atom is 0.251 e. The van der Waals surface area contributed by atoms with Gasteiger partial charge >= 0.3 is 0 Å². The number of hydrogen-bond donors (Lipinski definition) is 2. The number of sulfonamides is 1. The molecule has 0 saturated carbocycles. The topological polar surface area (TPSA) is 75.3 Å². The molecule has 6 heteroatoms. The van der Waals surface area contributed by atoms with Gasteiger partial charge < -0.3 is 5.32 Å². The highest BCUT2D eigenvalue weighted by Gasteiger charge is 2.21. The highest BCUT2D eigenvalue weighted by atomic mass is 32.2. The van der Waals surface area contributed by atoms with Gasteiger partial charge in [-0.05, 0) is 45.0 Å². The fourth-order valence-electron chi connectivity index (χ4n) is 1.39. The molecule has 0 bridgehead atoms. The zero-order chi connectivity index (χ0) is 14.0. The summed E-state index contributed by atoms with van der Waals surface area (Å²) in [5.74, 6) is -0.247. The van der Waals surface area contributed by atoms with Gasteiger partial charge in [0.05, 0.1) is 4.90 Å². The largest absolute Gasteiger partial charge is 0.355 e. The minimum absolute atomic E-state index is 0.144. The number of benzene rings is 1. The average Bonchev–Trinajstić information content (AvgIpc) is 2.25. The molecule has 1 amide bonds. The second-order valence-electron chi connectivity index (χ2n) is 4.96. The Morgan fingerprint density at radius 1 is 1.11 bits per heavy atom. The van der Waals surface area contributed by atoms with E-state index in [-0.39, 0.29) is 10.8 Å². The lowest BCUT2D eigenvalue weighted by molar-refractivity contribution is 0.0963. The maximum atomic E-state index is 12.0. The van der Waals surface area contributed by atoms with Gasteiger partial charge in [-0.1, -0.05) is 0 Å². The fourth-order valence-corrected chi connectivity index (χ4v) is 2.81. The molecular weight excluding hydrogens is 252 g/mol. The molecule has 0 unspecified atom stereocenters. The first-order valence-corrected chi connectivity index (χ1v) is 7.00. The Labute approximate surface area is 108 Å². The third-order valence-corrected chi connectivity index (χ3v) is 3.87. The van der Waals surface area contributed by atoms with E-state index in [0.29, 0.717) is 5.56 Å². The molecule has 1 rings (SSSR count). The lowest BCUT2D eigenvalue weighted by Gasteiger charge is -2.20. The van der Waals surface area contributed by atoms with Crippen LogP contribution in [0.5, 0.6) is 0 Å². The minimum Gasteiger partial charge on any atom is -0.355 e. The minimum atomic E-state index is -3.55. The van der Waals surface area contributed by atoms with Gasteiger partial charge in [-0.25, -0.2) is 13.1 Å². The van der Waals surface area contributed by atoms with Crippen LogP contribution in [0.3, 0.4) is 0 Å². The van der Waals surface area contributed by atoms with Crippen molar-refractivity contribution in [2.45, 2.75) is 31.2 Å². The average molecular weight is 270 g/mol. The Morgan fingerprint density at radius 3 is 2.00 bits per heavy atom. The van der Waals surface area contributed by atoms with E-state index in [0.717, 1.165) is 0 Å². The molecule has 0 radical (unpaired) electrons. The summed E-state index contributed by atoms with van der Waals surface area (Å²) < 4.78 is 26.5. The molecule has 0 fully saturated rings. The zero-order valence-corrected chi connectivity index (χ0v) is 11.8. The predicted octanol–water partition coefficient (Wildman–Crippen LogP) is 1.12. The third kappa shape index (κ3) is 3.82. The van der Waals surface area contributed by atoms with E-state index in [1.807, 2.05) is 0 Å². The van der Waals surface area contributed by atoms with Crippen LogP contribution in [0.4, 0.5) is 0 Å². The molecule has 0 atom stereocenters. The molecule has 1 aromatic carbocycles. The van der Waals surface area contributed by atoms with E-state index in [4.69, 9.17) is 0 Å². The quantitative estimate of drug-likeness (QED) is 0.864. The first kappa shape index (κ1) is 14.7. The van der Waals surface area contributed by atoms with E-state index in [2.05, 4.69) is 10.0 Å². The fraction of sp³-hybridized carbons (Fsp3) is 0.417. The van der Waals surface area contributed by atoms with Gasteiger partial charge in [-0.3, -0.25) is 4.79 Å². The summed E-state index contributed by atoms with van der Waals surface area (Å²) >= 11 is 0. The van der Waals surface area contributed by atoms with E-state index < -0.39 is 15.6 Å². The van der Waals surface area contributed by atoms with E-state index >= 15 is 0 Å². The van der Waals surface area contributed by atoms with Crippen LogP contribution in [0.1, 0.15) is 31.1 Å². The van der Waals surface area contributed by atoms with Crippen molar-refractivity contribution in [1.82, 2.24) is 10.0 Å². The summed E-state index contributed by atoms with van der Waals surface area (Å²) in [6, 6.07) is 5.80. The SMILES string of the molecule is CNC(=O)c1ccc(S(=O)(=O)NC(C)(C)C)cc1. The molecule has 0 saturated heterocycles. The van der Waals surface area contributed by atoms with Gasteiger partial charge in [0.25, 0.3) is 5.91 Å². The lowest BCUT2D eigenvalue weighted by atomic mass is 10.1. The summed E-state index contributed by atoms with van der Waals surface area (Å²) in [6.07, 6.45) is 0. The number of nitrogens with one attached hydrogen (secondary N) is 2. The van der Waals surface area contributed by atoms with Crippen molar-refractivity contribution < 1.29 is 13.2 Å². The number of carbonyl (C=O) groups is 1. The van der Waals surface area contributed by atoms with Crippen LogP contribution in [-0.4, -0.2) is 26.9 Å². The van der Waals surface area contributed by atoms with Crippen LogP contribution >= 0.6 is 0 Å². The van der Waals surface area contributed by atoms with Crippen molar-refractivity contribution in [2.75, 3.05) is 7.05 Å². The molecule has 0 heterocycles. The predicted molar refractivity (Wildman–Crippen MR) is 69.9 cm³/mol. The smallest absolute Gasteiger partial charge is 0.251 e. The zero-order valence-electron chi connectivity index (χ0n) is 10.9. The summed E-state index contributed by atoms with van der Waals surface area (Å²) in [7, 11) is -2.03. The number of amides is 1. The van der Waals surface area contributed by atoms with Gasteiger partial charge in [-0.2, -0.15) is 0 Å². The van der Waals surface area contributed by atoms with Crippen LogP contribution in [0, 0.1) is 0 Å². The normalized spacial score (nSPS) is 12.2. The number of hydrogen-bond acceptors (Lipinski definition) is 3. The third-order valence-electron chi connectivity index (χ3n) is 2.09. The molecule has 1 aromatic rings. The first-order chi connectivity index (χ1) is 8.15. The van der Waals surface area contributed by atoms with Gasteiger partial charge in [0.2, 0.25) is 10.0 Å². The van der Waals surface area contributed by atoms with Crippen molar-refractivity contribution in [1.29, 1.82) is 0 Å². The Hall–Kier alpha value is -1.40. The molecule has 0 aliphatic carbocycles. The van der Waals surface area contributed by atoms with Crippen LogP contribution < -0.4 is 10.0 Å². The second-order valence-corrected chi connectivity index (χ2v) is 6.64. The van der Waals surface area contributed by atoms with Crippen LogP contribution in [-0.2, 0) is 10.0 Å². The van der Waals surface area contributed by atoms with E-state index in [1.54, 1.807) is 20.8 Å². The summed E-state index contributed by atoms with van der Waals surface area (Å²) in [5, 5.41) is 2.47. The van der Waals surface area contributed by atoms with Crippen LogP contribution in [0.25, 0.3) is 0 Å². The summed E-state index contributed by atoms with van der Waals surface area (Å²) in [6.45, 7) is 5.30. The molecular formula is C12H18N2O3S. The van der Waals surface area contributed by atoms with Crippen molar-refractivity contribution in [3.8, 4) is 0 Å². The molecule has 18 heavy (non-hydrogen) atoms. The van der Waals surface area contributed by atoms with Crippen molar-refractivity contribution >= 4 is 15.9 Å². The highest BCUT2D eigenvalue weighted by molar-refractivity contribution is 7.89. The Bertz CT molecular complexity index is 527. The van der Waals surface area contributed by atoms with E-state index in [1.165, 1.54) is 31.3 Å². The number of rotatable bonds is 3. The summed E-state index contributed by atoms with van der Waals surface area (Å²) in [5.41, 5.74) is -0.120. The molecule has 0 aromatic heterocycles. The Morgan fingerprint density at radius 2 is 1.61 bits per heavy atom. The standard InChI is InChI=1S/C12H18N2O3S/c1-12(2,3)14-18(16,17)10-7-5-9(6-8-10)11(15)13-4/h5-8,14H,1-4H3,(H,13,15). The van der Waals surface area contributed by atoms with Crippen molar-refractivity contribution in [3.05, 3.63) is 29.8 Å². The molecule has 2 N–H and O–H groups in total. The van der Waals surface area contributed by atoms with Gasteiger partial charge in [-0.15, -0.1) is 0 Å². The Balaban J connectivity index is 3.02. The Kier molecular flexibility index (Phi) is 4.13. The van der Waals surface area contributed by atoms with Gasteiger partial charge in [0, 0.05) is 18.2 Å². The van der Waals surface area contributed by atoms with Crippen molar-refractivity contribution in [3.63, 3.8) is 0 Å². The monoisotopic (exact) mass is 270 g/mol. The van der Waals surface area contributed by atoms with Crippen LogP contribution in [0.2, 0.25) is 0 Å². The highest BCUT2D eigenvalue weighted by Crippen LogP contribution is 2.13. The lowest BCUT2D eigenvalue weighted by Crippen LogP contribution is -2.40. The van der Waals surface area contributed by atoms with Gasteiger partial charge in [0.15, 0.2) is 0 Å². The van der Waals surface area contributed by atoms with Gasteiger partial charge in [0.1, 0.15) is 0 Å². The maximum absolute atomic E-state index is 12.0. The number of carbonyl (C=O) groups excluding carboxylic acids is 1. The molecule has 100 valence electrons. The van der Waals surface area contributed by atoms with Crippen LogP contribution in [0.15, 0.2) is 29.2 Å². The summed E-state index contributed by atoms with van der Waals surface area (Å²) in [4.78, 5) is 11.5. The molecule has 5 nitrogen and oxygen atoms in total.